The molecule has 0 aromatic carbocycles. The van der Waals surface area contributed by atoms with Gasteiger partial charge in [-0.3, -0.25) is 4.79 Å². The summed E-state index contributed by atoms with van der Waals surface area (Å²) in [7, 11) is 0. The number of carboxylic acids is 1. The van der Waals surface area contributed by atoms with Gasteiger partial charge in [0.15, 0.2) is 0 Å². The molecular weight excluding hydrogens is 232 g/mol. The van der Waals surface area contributed by atoms with E-state index in [0.29, 0.717) is 6.54 Å². The highest BCUT2D eigenvalue weighted by Crippen LogP contribution is 2.29. The van der Waals surface area contributed by atoms with Gasteiger partial charge in [0.05, 0.1) is 5.54 Å². The zero-order valence-electron chi connectivity index (χ0n) is 11.1. The maximum absolute atomic E-state index is 12.6. The average molecular weight is 254 g/mol. The zero-order valence-corrected chi connectivity index (χ0v) is 11.1. The molecular formula is C13H22N2O3. The molecule has 0 saturated carbocycles. The molecule has 3 atom stereocenters. The molecule has 2 aliphatic heterocycles. The van der Waals surface area contributed by atoms with Crippen molar-refractivity contribution >= 4 is 11.9 Å². The third-order valence-corrected chi connectivity index (χ3v) is 4.29. The van der Waals surface area contributed by atoms with Crippen LogP contribution in [-0.4, -0.2) is 46.6 Å². The summed E-state index contributed by atoms with van der Waals surface area (Å²) in [6.45, 7) is 5.21. The van der Waals surface area contributed by atoms with Crippen molar-refractivity contribution in [3.8, 4) is 0 Å². The Kier molecular flexibility index (Phi) is 3.61. The summed E-state index contributed by atoms with van der Waals surface area (Å²) in [5.74, 6) is -0.888. The van der Waals surface area contributed by atoms with Crippen molar-refractivity contribution < 1.29 is 14.7 Å². The van der Waals surface area contributed by atoms with Gasteiger partial charge in [0.25, 0.3) is 0 Å². The first-order valence-corrected chi connectivity index (χ1v) is 6.74. The fourth-order valence-corrected chi connectivity index (χ4v) is 3.19. The predicted octanol–water partition coefficient (Wildman–Crippen LogP) is 0.840. The second-order valence-electron chi connectivity index (χ2n) is 5.76. The summed E-state index contributed by atoms with van der Waals surface area (Å²) in [4.78, 5) is 25.5. The molecule has 0 aromatic rings. The molecule has 2 heterocycles. The Morgan fingerprint density at radius 2 is 2.11 bits per heavy atom. The number of hydrogen-bond donors (Lipinski definition) is 2. The number of hydrogen-bond acceptors (Lipinski definition) is 3. The molecule has 0 radical (unpaired) electrons. The minimum absolute atomic E-state index is 0.0326. The second-order valence-corrected chi connectivity index (χ2v) is 5.76. The van der Waals surface area contributed by atoms with Gasteiger partial charge in [0.1, 0.15) is 6.04 Å². The summed E-state index contributed by atoms with van der Waals surface area (Å²) >= 11 is 0. The van der Waals surface area contributed by atoms with Crippen LogP contribution in [0.25, 0.3) is 0 Å². The summed E-state index contributed by atoms with van der Waals surface area (Å²) in [5, 5.41) is 12.6. The normalized spacial score (nSPS) is 36.7. The van der Waals surface area contributed by atoms with Crippen LogP contribution in [-0.2, 0) is 9.59 Å². The van der Waals surface area contributed by atoms with Gasteiger partial charge >= 0.3 is 5.97 Å². The summed E-state index contributed by atoms with van der Waals surface area (Å²) in [6, 6.07) is -0.662. The van der Waals surface area contributed by atoms with Gasteiger partial charge in [0.2, 0.25) is 5.91 Å². The number of aliphatic carboxylic acids is 1. The number of carboxylic acid groups (broad SMARTS) is 1. The molecule has 102 valence electrons. The SMILES string of the molecule is CC1CCCN(C(=O)C2(C)CCCN2)C1C(=O)O. The van der Waals surface area contributed by atoms with Gasteiger partial charge in [-0.2, -0.15) is 0 Å². The number of nitrogens with zero attached hydrogens (tertiary/aromatic N) is 1. The summed E-state index contributed by atoms with van der Waals surface area (Å²) in [6.07, 6.45) is 3.55. The molecule has 2 N–H and O–H groups in total. The Balaban J connectivity index is 2.19. The fourth-order valence-electron chi connectivity index (χ4n) is 3.19. The molecule has 5 nitrogen and oxygen atoms in total. The van der Waals surface area contributed by atoms with Crippen LogP contribution in [0.5, 0.6) is 0 Å². The molecule has 0 aromatic heterocycles. The monoisotopic (exact) mass is 254 g/mol. The predicted molar refractivity (Wildman–Crippen MR) is 67.2 cm³/mol. The van der Waals surface area contributed by atoms with E-state index >= 15 is 0 Å². The zero-order chi connectivity index (χ0) is 13.3. The van der Waals surface area contributed by atoms with Crippen LogP contribution in [0.2, 0.25) is 0 Å². The molecule has 18 heavy (non-hydrogen) atoms. The third-order valence-electron chi connectivity index (χ3n) is 4.29. The van der Waals surface area contributed by atoms with Crippen molar-refractivity contribution in [3.05, 3.63) is 0 Å². The quantitative estimate of drug-likeness (QED) is 0.766. The van der Waals surface area contributed by atoms with E-state index in [0.717, 1.165) is 32.2 Å². The maximum atomic E-state index is 12.6. The number of likely N-dealkylation sites (tertiary alicyclic amines) is 1. The van der Waals surface area contributed by atoms with Crippen LogP contribution in [0, 0.1) is 5.92 Å². The number of nitrogens with one attached hydrogen (secondary N) is 1. The molecule has 0 aliphatic carbocycles. The van der Waals surface area contributed by atoms with Gasteiger partial charge in [-0.25, -0.2) is 4.79 Å². The molecule has 1 amide bonds. The van der Waals surface area contributed by atoms with Crippen molar-refractivity contribution in [1.82, 2.24) is 10.2 Å². The summed E-state index contributed by atoms with van der Waals surface area (Å²) < 4.78 is 0. The largest absolute Gasteiger partial charge is 0.480 e. The molecule has 0 bridgehead atoms. The van der Waals surface area contributed by atoms with E-state index in [2.05, 4.69) is 5.32 Å². The van der Waals surface area contributed by atoms with Crippen LogP contribution in [0.1, 0.15) is 39.5 Å². The number of carbonyl (C=O) groups excluding carboxylic acids is 1. The molecule has 0 spiro atoms. The second kappa shape index (κ2) is 4.88. The van der Waals surface area contributed by atoms with E-state index in [1.807, 2.05) is 13.8 Å². The van der Waals surface area contributed by atoms with E-state index in [1.165, 1.54) is 0 Å². The van der Waals surface area contributed by atoms with Crippen LogP contribution in [0.3, 0.4) is 0 Å². The Bertz CT molecular complexity index is 350. The lowest BCUT2D eigenvalue weighted by atomic mass is 9.88. The van der Waals surface area contributed by atoms with Crippen molar-refractivity contribution in [2.24, 2.45) is 5.92 Å². The van der Waals surface area contributed by atoms with E-state index in [-0.39, 0.29) is 11.8 Å². The first kappa shape index (κ1) is 13.3. The van der Waals surface area contributed by atoms with E-state index < -0.39 is 17.6 Å². The molecule has 3 unspecified atom stereocenters. The van der Waals surface area contributed by atoms with Gasteiger partial charge in [0, 0.05) is 6.54 Å². The minimum Gasteiger partial charge on any atom is -0.480 e. The number of amides is 1. The molecule has 2 fully saturated rings. The van der Waals surface area contributed by atoms with Crippen LogP contribution in [0.15, 0.2) is 0 Å². The molecule has 5 heteroatoms. The van der Waals surface area contributed by atoms with Crippen LogP contribution in [0.4, 0.5) is 0 Å². The van der Waals surface area contributed by atoms with Crippen molar-refractivity contribution in [2.75, 3.05) is 13.1 Å². The lowest BCUT2D eigenvalue weighted by Gasteiger charge is -2.41. The molecule has 2 saturated heterocycles. The first-order valence-electron chi connectivity index (χ1n) is 6.74. The van der Waals surface area contributed by atoms with Gasteiger partial charge in [-0.05, 0) is 45.1 Å². The topological polar surface area (TPSA) is 69.6 Å². The number of piperidine rings is 1. The highest BCUT2D eigenvalue weighted by Gasteiger charge is 2.45. The van der Waals surface area contributed by atoms with Gasteiger partial charge in [-0.1, -0.05) is 6.92 Å². The Hall–Kier alpha value is -1.10. The Labute approximate surface area is 108 Å². The highest BCUT2D eigenvalue weighted by molar-refractivity contribution is 5.90. The van der Waals surface area contributed by atoms with E-state index in [9.17, 15) is 14.7 Å². The van der Waals surface area contributed by atoms with E-state index in [1.54, 1.807) is 4.90 Å². The smallest absolute Gasteiger partial charge is 0.326 e. The third kappa shape index (κ3) is 2.23. The van der Waals surface area contributed by atoms with Crippen molar-refractivity contribution in [2.45, 2.75) is 51.1 Å². The Morgan fingerprint density at radius 1 is 1.39 bits per heavy atom. The fraction of sp³-hybridized carbons (Fsp3) is 0.846. The standard InChI is InChI=1S/C13H22N2O3/c1-9-5-3-8-15(10(9)11(16)17)12(18)13(2)6-4-7-14-13/h9-10,14H,3-8H2,1-2H3,(H,16,17). The maximum Gasteiger partial charge on any atom is 0.326 e. The molecule has 2 aliphatic rings. The molecule has 2 rings (SSSR count). The van der Waals surface area contributed by atoms with E-state index in [4.69, 9.17) is 0 Å². The highest BCUT2D eigenvalue weighted by atomic mass is 16.4. The first-order chi connectivity index (χ1) is 8.46. The average Bonchev–Trinajstić information content (AvgIpc) is 2.75. The number of rotatable bonds is 2. The van der Waals surface area contributed by atoms with Crippen LogP contribution < -0.4 is 5.32 Å². The van der Waals surface area contributed by atoms with Crippen molar-refractivity contribution in [3.63, 3.8) is 0 Å². The number of carbonyl (C=O) groups is 2. The van der Waals surface area contributed by atoms with Crippen molar-refractivity contribution in [1.29, 1.82) is 0 Å². The summed E-state index contributed by atoms with van der Waals surface area (Å²) in [5.41, 5.74) is -0.565. The van der Waals surface area contributed by atoms with Crippen LogP contribution >= 0.6 is 0 Å². The van der Waals surface area contributed by atoms with Gasteiger partial charge in [-0.15, -0.1) is 0 Å². The minimum atomic E-state index is -0.878. The van der Waals surface area contributed by atoms with Gasteiger partial charge < -0.3 is 15.3 Å². The lowest BCUT2D eigenvalue weighted by Crippen LogP contribution is -2.60. The lowest BCUT2D eigenvalue weighted by molar-refractivity contribution is -0.157. The Morgan fingerprint density at radius 3 is 2.67 bits per heavy atom.